The lowest BCUT2D eigenvalue weighted by atomic mass is 10.1. The Labute approximate surface area is 125 Å². The maximum Gasteiger partial charge on any atom is 0.253 e. The van der Waals surface area contributed by atoms with Gasteiger partial charge in [-0.25, -0.2) is 0 Å². The van der Waals surface area contributed by atoms with Gasteiger partial charge in [-0.1, -0.05) is 6.92 Å². The van der Waals surface area contributed by atoms with Crippen molar-refractivity contribution in [3.05, 3.63) is 23.8 Å². The molecular formula is C15H24N4O2. The van der Waals surface area contributed by atoms with Crippen molar-refractivity contribution in [2.24, 2.45) is 0 Å². The van der Waals surface area contributed by atoms with E-state index >= 15 is 0 Å². The van der Waals surface area contributed by atoms with Crippen molar-refractivity contribution in [3.8, 4) is 0 Å². The van der Waals surface area contributed by atoms with Crippen LogP contribution in [0.4, 0.5) is 11.4 Å². The Hall–Kier alpha value is -2.24. The van der Waals surface area contributed by atoms with Gasteiger partial charge in [-0.3, -0.25) is 9.59 Å². The highest BCUT2D eigenvalue weighted by molar-refractivity contribution is 5.96. The molecule has 6 heteroatoms. The molecule has 0 bridgehead atoms. The van der Waals surface area contributed by atoms with Crippen LogP contribution in [0.25, 0.3) is 0 Å². The van der Waals surface area contributed by atoms with Gasteiger partial charge in [0.05, 0.1) is 17.9 Å². The molecule has 0 unspecified atom stereocenters. The van der Waals surface area contributed by atoms with E-state index in [1.807, 2.05) is 6.92 Å². The van der Waals surface area contributed by atoms with Crippen LogP contribution in [-0.2, 0) is 4.79 Å². The van der Waals surface area contributed by atoms with Crippen LogP contribution >= 0.6 is 0 Å². The maximum absolute atomic E-state index is 11.9. The van der Waals surface area contributed by atoms with E-state index in [-0.39, 0.29) is 18.4 Å². The lowest BCUT2D eigenvalue weighted by Crippen LogP contribution is -2.35. The number of anilines is 2. The minimum Gasteiger partial charge on any atom is -0.397 e. The molecule has 1 aromatic rings. The first kappa shape index (κ1) is 16.8. The van der Waals surface area contributed by atoms with Crippen LogP contribution in [0.1, 0.15) is 23.7 Å². The highest BCUT2D eigenvalue weighted by atomic mass is 16.2. The number of benzene rings is 1. The first-order valence-corrected chi connectivity index (χ1v) is 6.95. The molecule has 0 aromatic heterocycles. The predicted octanol–water partition coefficient (Wildman–Crippen LogP) is 0.933. The Morgan fingerprint density at radius 2 is 1.90 bits per heavy atom. The molecule has 21 heavy (non-hydrogen) atoms. The number of nitrogen functional groups attached to an aromatic ring is 1. The average Bonchev–Trinajstić information content (AvgIpc) is 2.43. The van der Waals surface area contributed by atoms with E-state index < -0.39 is 0 Å². The minimum atomic E-state index is -0.100. The van der Waals surface area contributed by atoms with Gasteiger partial charge >= 0.3 is 0 Å². The van der Waals surface area contributed by atoms with Crippen LogP contribution in [0.5, 0.6) is 0 Å². The lowest BCUT2D eigenvalue weighted by Gasteiger charge is -2.21. The third-order valence-electron chi connectivity index (χ3n) is 3.04. The van der Waals surface area contributed by atoms with Crippen LogP contribution in [0, 0.1) is 0 Å². The zero-order valence-electron chi connectivity index (χ0n) is 13.1. The Kier molecular flexibility index (Phi) is 6.02. The number of carbonyl (C=O) groups is 2. The molecule has 0 heterocycles. The number of likely N-dealkylation sites (N-methyl/N-ethyl adjacent to an activating group) is 1. The summed E-state index contributed by atoms with van der Waals surface area (Å²) in [5.74, 6) is -0.149. The van der Waals surface area contributed by atoms with Crippen molar-refractivity contribution in [2.75, 3.05) is 44.9 Å². The molecule has 6 nitrogen and oxygen atoms in total. The van der Waals surface area contributed by atoms with E-state index in [1.54, 1.807) is 44.2 Å². The number of nitrogens with two attached hydrogens (primary N) is 1. The standard InChI is InChI=1S/C15H24N4O2/c1-5-8-17-14(20)10-19(4)13-7-6-11(9-12(13)16)15(21)18(2)3/h6-7,9H,5,8,10,16H2,1-4H3,(H,17,20). The smallest absolute Gasteiger partial charge is 0.253 e. The lowest BCUT2D eigenvalue weighted by molar-refractivity contribution is -0.119. The fourth-order valence-corrected chi connectivity index (χ4v) is 1.91. The molecule has 0 saturated carbocycles. The number of amides is 2. The minimum absolute atomic E-state index is 0.0489. The summed E-state index contributed by atoms with van der Waals surface area (Å²) >= 11 is 0. The monoisotopic (exact) mass is 292 g/mol. The van der Waals surface area contributed by atoms with Crippen LogP contribution in [0.3, 0.4) is 0 Å². The van der Waals surface area contributed by atoms with Gasteiger partial charge in [-0.15, -0.1) is 0 Å². The predicted molar refractivity (Wildman–Crippen MR) is 85.4 cm³/mol. The fraction of sp³-hybridized carbons (Fsp3) is 0.467. The summed E-state index contributed by atoms with van der Waals surface area (Å²) in [5.41, 5.74) is 7.74. The summed E-state index contributed by atoms with van der Waals surface area (Å²) in [4.78, 5) is 26.8. The largest absolute Gasteiger partial charge is 0.397 e. The molecule has 1 rings (SSSR count). The van der Waals surface area contributed by atoms with Gasteiger partial charge in [-0.05, 0) is 24.6 Å². The summed E-state index contributed by atoms with van der Waals surface area (Å²) in [6, 6.07) is 5.12. The molecule has 0 aliphatic carbocycles. The van der Waals surface area contributed by atoms with Gasteiger partial charge in [0.1, 0.15) is 0 Å². The van der Waals surface area contributed by atoms with E-state index in [4.69, 9.17) is 5.73 Å². The van der Waals surface area contributed by atoms with Gasteiger partial charge in [0, 0.05) is 33.3 Å². The molecule has 3 N–H and O–H groups in total. The molecule has 0 atom stereocenters. The second kappa shape index (κ2) is 7.52. The molecule has 116 valence electrons. The maximum atomic E-state index is 11.9. The van der Waals surface area contributed by atoms with E-state index in [1.165, 1.54) is 4.90 Å². The molecule has 0 radical (unpaired) electrons. The van der Waals surface area contributed by atoms with Gasteiger partial charge < -0.3 is 20.9 Å². The zero-order chi connectivity index (χ0) is 16.0. The molecule has 0 saturated heterocycles. The van der Waals surface area contributed by atoms with Crippen molar-refractivity contribution in [3.63, 3.8) is 0 Å². The molecule has 1 aromatic carbocycles. The van der Waals surface area contributed by atoms with Gasteiger partial charge in [0.15, 0.2) is 0 Å². The Balaban J connectivity index is 2.80. The summed E-state index contributed by atoms with van der Waals surface area (Å²) in [6.07, 6.45) is 0.902. The quantitative estimate of drug-likeness (QED) is 0.765. The van der Waals surface area contributed by atoms with Gasteiger partial charge in [-0.2, -0.15) is 0 Å². The topological polar surface area (TPSA) is 78.7 Å². The number of hydrogen-bond acceptors (Lipinski definition) is 4. The number of nitrogens with one attached hydrogen (secondary N) is 1. The Bertz CT molecular complexity index is 514. The van der Waals surface area contributed by atoms with Crippen molar-refractivity contribution in [2.45, 2.75) is 13.3 Å². The van der Waals surface area contributed by atoms with Crippen LogP contribution in [0.2, 0.25) is 0 Å². The first-order valence-electron chi connectivity index (χ1n) is 6.95. The van der Waals surface area contributed by atoms with E-state index in [0.29, 0.717) is 17.8 Å². The van der Waals surface area contributed by atoms with Gasteiger partial charge in [0.25, 0.3) is 5.91 Å². The molecule has 0 aliphatic rings. The van der Waals surface area contributed by atoms with Gasteiger partial charge in [0.2, 0.25) is 5.91 Å². The number of hydrogen-bond donors (Lipinski definition) is 2. The van der Waals surface area contributed by atoms with E-state index in [0.717, 1.165) is 12.1 Å². The third-order valence-corrected chi connectivity index (χ3v) is 3.04. The van der Waals surface area contributed by atoms with Crippen LogP contribution < -0.4 is 16.0 Å². The van der Waals surface area contributed by atoms with Crippen molar-refractivity contribution < 1.29 is 9.59 Å². The highest BCUT2D eigenvalue weighted by Crippen LogP contribution is 2.23. The molecular weight excluding hydrogens is 268 g/mol. The summed E-state index contributed by atoms with van der Waals surface area (Å²) in [7, 11) is 5.18. The molecule has 0 aliphatic heterocycles. The van der Waals surface area contributed by atoms with Crippen molar-refractivity contribution in [1.29, 1.82) is 0 Å². The Morgan fingerprint density at radius 1 is 1.24 bits per heavy atom. The fourth-order valence-electron chi connectivity index (χ4n) is 1.91. The first-order chi connectivity index (χ1) is 9.86. The highest BCUT2D eigenvalue weighted by Gasteiger charge is 2.13. The molecule has 0 fully saturated rings. The summed E-state index contributed by atoms with van der Waals surface area (Å²) < 4.78 is 0. The summed E-state index contributed by atoms with van der Waals surface area (Å²) in [6.45, 7) is 2.89. The second-order valence-electron chi connectivity index (χ2n) is 5.18. The van der Waals surface area contributed by atoms with E-state index in [2.05, 4.69) is 5.32 Å². The average molecular weight is 292 g/mol. The second-order valence-corrected chi connectivity index (χ2v) is 5.18. The van der Waals surface area contributed by atoms with Crippen LogP contribution in [-0.4, -0.2) is 50.9 Å². The summed E-state index contributed by atoms with van der Waals surface area (Å²) in [5, 5.41) is 2.81. The molecule has 0 spiro atoms. The number of rotatable bonds is 6. The van der Waals surface area contributed by atoms with Crippen molar-refractivity contribution in [1.82, 2.24) is 10.2 Å². The third kappa shape index (κ3) is 4.66. The number of nitrogens with zero attached hydrogens (tertiary/aromatic N) is 2. The van der Waals surface area contributed by atoms with E-state index in [9.17, 15) is 9.59 Å². The number of carbonyl (C=O) groups excluding carboxylic acids is 2. The SMILES string of the molecule is CCCNC(=O)CN(C)c1ccc(C(=O)N(C)C)cc1N. The Morgan fingerprint density at radius 3 is 2.43 bits per heavy atom. The zero-order valence-corrected chi connectivity index (χ0v) is 13.1. The normalized spacial score (nSPS) is 10.1. The molecule has 2 amide bonds. The van der Waals surface area contributed by atoms with Crippen molar-refractivity contribution >= 4 is 23.2 Å². The van der Waals surface area contributed by atoms with Crippen LogP contribution in [0.15, 0.2) is 18.2 Å².